The minimum atomic E-state index is -0.140. The molecule has 102 valence electrons. The van der Waals surface area contributed by atoms with Crippen LogP contribution in [0, 0.1) is 16.7 Å². The van der Waals surface area contributed by atoms with Crippen LogP contribution in [0.3, 0.4) is 0 Å². The van der Waals surface area contributed by atoms with Crippen LogP contribution >= 0.6 is 0 Å². The number of rotatable bonds is 4. The number of carbonyl (C=O) groups is 1. The van der Waals surface area contributed by atoms with Crippen LogP contribution in [0.25, 0.3) is 0 Å². The molecule has 0 aliphatic rings. The van der Waals surface area contributed by atoms with E-state index in [9.17, 15) is 4.79 Å². The molecular formula is C15H21N3O. The van der Waals surface area contributed by atoms with Crippen LogP contribution in [0.2, 0.25) is 0 Å². The number of nitrogens with one attached hydrogen (secondary N) is 1. The molecule has 0 spiro atoms. The van der Waals surface area contributed by atoms with Crippen LogP contribution in [-0.2, 0) is 4.79 Å². The summed E-state index contributed by atoms with van der Waals surface area (Å²) in [6.07, 6.45) is 1.10. The van der Waals surface area contributed by atoms with Crippen molar-refractivity contribution in [1.82, 2.24) is 0 Å². The Hall–Kier alpha value is -1.86. The van der Waals surface area contributed by atoms with Crippen LogP contribution in [0.4, 0.5) is 5.69 Å². The molecule has 0 saturated heterocycles. The van der Waals surface area contributed by atoms with E-state index in [4.69, 9.17) is 11.0 Å². The summed E-state index contributed by atoms with van der Waals surface area (Å²) in [5.41, 5.74) is 7.33. The fraction of sp³-hybridized carbons (Fsp3) is 0.467. The van der Waals surface area contributed by atoms with Crippen molar-refractivity contribution in [1.29, 1.82) is 5.26 Å². The maximum atomic E-state index is 11.8. The van der Waals surface area contributed by atoms with Gasteiger partial charge in [-0.1, -0.05) is 20.8 Å². The summed E-state index contributed by atoms with van der Waals surface area (Å²) in [6.45, 7) is 6.31. The molecule has 0 fully saturated rings. The Morgan fingerprint density at radius 1 is 1.37 bits per heavy atom. The van der Waals surface area contributed by atoms with Crippen LogP contribution in [0.5, 0.6) is 0 Å². The van der Waals surface area contributed by atoms with E-state index >= 15 is 0 Å². The third-order valence-electron chi connectivity index (χ3n) is 2.62. The first-order valence-electron chi connectivity index (χ1n) is 6.36. The second-order valence-electron chi connectivity index (χ2n) is 5.97. The van der Waals surface area contributed by atoms with E-state index in [1.807, 2.05) is 6.07 Å². The van der Waals surface area contributed by atoms with Crippen molar-refractivity contribution >= 4 is 11.6 Å². The van der Waals surface area contributed by atoms with Crippen LogP contribution in [-0.4, -0.2) is 11.9 Å². The van der Waals surface area contributed by atoms with Gasteiger partial charge in [-0.25, -0.2) is 0 Å². The van der Waals surface area contributed by atoms with E-state index in [0.717, 1.165) is 6.42 Å². The largest absolute Gasteiger partial charge is 0.327 e. The lowest BCUT2D eigenvalue weighted by molar-refractivity contribution is -0.116. The average molecular weight is 259 g/mol. The van der Waals surface area contributed by atoms with E-state index in [-0.39, 0.29) is 17.4 Å². The van der Waals surface area contributed by atoms with Gasteiger partial charge >= 0.3 is 0 Å². The lowest BCUT2D eigenvalue weighted by Crippen LogP contribution is -2.31. The molecule has 19 heavy (non-hydrogen) atoms. The van der Waals surface area contributed by atoms with Gasteiger partial charge in [0.05, 0.1) is 11.6 Å². The minimum absolute atomic E-state index is 0.0959. The molecule has 0 aliphatic carbocycles. The first-order valence-corrected chi connectivity index (χ1v) is 6.36. The van der Waals surface area contributed by atoms with Crippen molar-refractivity contribution in [3.8, 4) is 6.07 Å². The highest BCUT2D eigenvalue weighted by molar-refractivity contribution is 5.91. The van der Waals surface area contributed by atoms with E-state index in [2.05, 4.69) is 26.1 Å². The molecule has 1 amide bonds. The number of hydrogen-bond donors (Lipinski definition) is 2. The van der Waals surface area contributed by atoms with Crippen LogP contribution < -0.4 is 11.1 Å². The molecule has 1 atom stereocenters. The number of anilines is 1. The average Bonchev–Trinajstić information content (AvgIpc) is 2.27. The molecule has 1 aromatic rings. The normalized spacial score (nSPS) is 12.6. The van der Waals surface area contributed by atoms with E-state index in [1.54, 1.807) is 24.3 Å². The predicted molar refractivity (Wildman–Crippen MR) is 76.5 cm³/mol. The smallest absolute Gasteiger partial charge is 0.225 e. The lowest BCUT2D eigenvalue weighted by atomic mass is 9.87. The summed E-state index contributed by atoms with van der Waals surface area (Å²) in [7, 11) is 0. The molecule has 0 aromatic heterocycles. The van der Waals surface area contributed by atoms with Gasteiger partial charge in [-0.05, 0) is 36.1 Å². The number of carbonyl (C=O) groups excluding carboxylic acids is 1. The molecule has 1 unspecified atom stereocenters. The summed E-state index contributed by atoms with van der Waals surface area (Å²) >= 11 is 0. The van der Waals surface area contributed by atoms with Crippen molar-refractivity contribution < 1.29 is 4.79 Å². The zero-order valence-electron chi connectivity index (χ0n) is 11.7. The molecule has 4 nitrogen and oxygen atoms in total. The SMILES string of the molecule is CC(C)(C)CC(N)CC(=O)Nc1ccc(C#N)cc1. The highest BCUT2D eigenvalue weighted by Crippen LogP contribution is 2.21. The summed E-state index contributed by atoms with van der Waals surface area (Å²) in [5, 5.41) is 11.5. The number of nitrogens with zero attached hydrogens (tertiary/aromatic N) is 1. The zero-order chi connectivity index (χ0) is 14.5. The van der Waals surface area contributed by atoms with Crippen molar-refractivity contribution in [3.63, 3.8) is 0 Å². The fourth-order valence-corrected chi connectivity index (χ4v) is 1.94. The van der Waals surface area contributed by atoms with Crippen LogP contribution in [0.1, 0.15) is 39.2 Å². The standard InChI is InChI=1S/C15H21N3O/c1-15(2,3)9-12(17)8-14(19)18-13-6-4-11(10-16)5-7-13/h4-7,12H,8-9,17H2,1-3H3,(H,18,19). The minimum Gasteiger partial charge on any atom is -0.327 e. The second kappa shape index (κ2) is 6.35. The number of hydrogen-bond acceptors (Lipinski definition) is 3. The van der Waals surface area contributed by atoms with Gasteiger partial charge in [0.15, 0.2) is 0 Å². The number of nitriles is 1. The van der Waals surface area contributed by atoms with Gasteiger partial charge in [0.2, 0.25) is 5.91 Å². The number of amides is 1. The second-order valence-corrected chi connectivity index (χ2v) is 5.97. The fourth-order valence-electron chi connectivity index (χ4n) is 1.94. The molecule has 0 aliphatic heterocycles. The van der Waals surface area contributed by atoms with Crippen molar-refractivity contribution in [3.05, 3.63) is 29.8 Å². The quantitative estimate of drug-likeness (QED) is 0.872. The summed E-state index contributed by atoms with van der Waals surface area (Å²) in [5.74, 6) is -0.0959. The molecular weight excluding hydrogens is 238 g/mol. The maximum absolute atomic E-state index is 11.8. The van der Waals surface area contributed by atoms with Crippen LogP contribution in [0.15, 0.2) is 24.3 Å². The van der Waals surface area contributed by atoms with Gasteiger partial charge in [0.25, 0.3) is 0 Å². The first-order chi connectivity index (χ1) is 8.80. The molecule has 0 heterocycles. The summed E-state index contributed by atoms with van der Waals surface area (Å²) in [4.78, 5) is 11.8. The van der Waals surface area contributed by atoms with Crippen molar-refractivity contribution in [2.75, 3.05) is 5.32 Å². The van der Waals surface area contributed by atoms with Gasteiger partial charge in [-0.2, -0.15) is 5.26 Å². The van der Waals surface area contributed by atoms with Crippen molar-refractivity contribution in [2.45, 2.75) is 39.7 Å². The zero-order valence-corrected chi connectivity index (χ0v) is 11.7. The third-order valence-corrected chi connectivity index (χ3v) is 2.62. The lowest BCUT2D eigenvalue weighted by Gasteiger charge is -2.22. The number of nitrogens with two attached hydrogens (primary N) is 1. The summed E-state index contributed by atoms with van der Waals surface area (Å²) in [6, 6.07) is 8.66. The van der Waals surface area contributed by atoms with E-state index in [1.165, 1.54) is 0 Å². The highest BCUT2D eigenvalue weighted by atomic mass is 16.1. The Bertz CT molecular complexity index is 466. The monoisotopic (exact) mass is 259 g/mol. The van der Waals surface area contributed by atoms with Gasteiger partial charge < -0.3 is 11.1 Å². The van der Waals surface area contributed by atoms with Crippen molar-refractivity contribution in [2.24, 2.45) is 11.1 Å². The van der Waals surface area contributed by atoms with E-state index < -0.39 is 0 Å². The number of benzene rings is 1. The highest BCUT2D eigenvalue weighted by Gasteiger charge is 2.18. The van der Waals surface area contributed by atoms with Gasteiger partial charge in [0.1, 0.15) is 0 Å². The molecule has 0 bridgehead atoms. The van der Waals surface area contributed by atoms with Gasteiger partial charge in [-0.3, -0.25) is 4.79 Å². The van der Waals surface area contributed by atoms with Gasteiger partial charge in [-0.15, -0.1) is 0 Å². The Kier molecular flexibility index (Phi) is 5.08. The molecule has 0 radical (unpaired) electrons. The first kappa shape index (κ1) is 15.2. The predicted octanol–water partition coefficient (Wildman–Crippen LogP) is 2.65. The topological polar surface area (TPSA) is 78.9 Å². The van der Waals surface area contributed by atoms with E-state index in [0.29, 0.717) is 17.7 Å². The maximum Gasteiger partial charge on any atom is 0.225 e. The Morgan fingerprint density at radius 2 is 1.95 bits per heavy atom. The summed E-state index contributed by atoms with van der Waals surface area (Å²) < 4.78 is 0. The van der Waals surface area contributed by atoms with Gasteiger partial charge in [0, 0.05) is 18.2 Å². The molecule has 0 saturated carbocycles. The third kappa shape index (κ3) is 6.03. The molecule has 4 heteroatoms. The Labute approximate surface area is 114 Å². The molecule has 1 aromatic carbocycles. The molecule has 1 rings (SSSR count). The Balaban J connectivity index is 2.49. The molecule has 3 N–H and O–H groups in total. The Morgan fingerprint density at radius 3 is 2.42 bits per heavy atom.